The summed E-state index contributed by atoms with van der Waals surface area (Å²) in [4.78, 5) is 4.09. The first-order valence-corrected chi connectivity index (χ1v) is 5.58. The molecule has 3 nitrogen and oxygen atoms in total. The molecule has 2 unspecified atom stereocenters. The quantitative estimate of drug-likeness (QED) is 0.809. The van der Waals surface area contributed by atoms with Gasteiger partial charge in [-0.05, 0) is 36.8 Å². The van der Waals surface area contributed by atoms with E-state index in [9.17, 15) is 0 Å². The third kappa shape index (κ3) is 3.01. The number of nitrogens with two attached hydrogens (primary N) is 1. The zero-order valence-electron chi connectivity index (χ0n) is 8.93. The molecule has 0 aliphatic carbocycles. The predicted molar refractivity (Wildman–Crippen MR) is 59.5 cm³/mol. The van der Waals surface area contributed by atoms with Crippen molar-refractivity contribution in [3.63, 3.8) is 0 Å². The molecule has 2 rings (SSSR count). The molecular formula is C12H18N2O. The first-order chi connectivity index (χ1) is 7.36. The molecule has 1 aliphatic heterocycles. The van der Waals surface area contributed by atoms with Gasteiger partial charge in [0.1, 0.15) is 0 Å². The van der Waals surface area contributed by atoms with Crippen LogP contribution in [-0.4, -0.2) is 24.2 Å². The molecule has 82 valence electrons. The lowest BCUT2D eigenvalue weighted by molar-refractivity contribution is 0.180. The average Bonchev–Trinajstić information content (AvgIpc) is 2.81. The smallest absolute Gasteiger partial charge is 0.0509 e. The van der Waals surface area contributed by atoms with E-state index in [0.717, 1.165) is 32.5 Å². The van der Waals surface area contributed by atoms with Gasteiger partial charge in [0.2, 0.25) is 0 Å². The number of pyridine rings is 1. The fourth-order valence-corrected chi connectivity index (χ4v) is 2.01. The molecule has 1 fully saturated rings. The van der Waals surface area contributed by atoms with Crippen LogP contribution >= 0.6 is 0 Å². The van der Waals surface area contributed by atoms with Gasteiger partial charge in [0.15, 0.2) is 0 Å². The van der Waals surface area contributed by atoms with Gasteiger partial charge in [0.25, 0.3) is 0 Å². The number of rotatable bonds is 4. The van der Waals surface area contributed by atoms with E-state index in [0.29, 0.717) is 5.92 Å². The number of hydrogen-bond donors (Lipinski definition) is 1. The second-order valence-corrected chi connectivity index (χ2v) is 4.19. The summed E-state index contributed by atoms with van der Waals surface area (Å²) in [5, 5.41) is 0. The van der Waals surface area contributed by atoms with Crippen LogP contribution in [0.15, 0.2) is 24.5 Å². The summed E-state index contributed by atoms with van der Waals surface area (Å²) in [6.45, 7) is 1.72. The third-order valence-electron chi connectivity index (χ3n) is 3.06. The van der Waals surface area contributed by atoms with Crippen molar-refractivity contribution in [1.82, 2.24) is 4.98 Å². The van der Waals surface area contributed by atoms with Crippen molar-refractivity contribution in [1.29, 1.82) is 0 Å². The average molecular weight is 206 g/mol. The second kappa shape index (κ2) is 5.24. The van der Waals surface area contributed by atoms with E-state index in [-0.39, 0.29) is 6.04 Å². The van der Waals surface area contributed by atoms with Crippen LogP contribution < -0.4 is 5.73 Å². The lowest BCUT2D eigenvalue weighted by Gasteiger charge is -2.17. The summed E-state index contributed by atoms with van der Waals surface area (Å²) in [6.07, 6.45) is 6.88. The van der Waals surface area contributed by atoms with E-state index in [1.54, 1.807) is 6.20 Å². The zero-order chi connectivity index (χ0) is 10.5. The van der Waals surface area contributed by atoms with Gasteiger partial charge in [-0.25, -0.2) is 0 Å². The summed E-state index contributed by atoms with van der Waals surface area (Å²) in [5.41, 5.74) is 7.40. The molecule has 2 heterocycles. The maximum absolute atomic E-state index is 6.13. The minimum absolute atomic E-state index is 0.271. The minimum atomic E-state index is 0.271. The SMILES string of the molecule is NC(CCc1cccnc1)C1CCOC1. The van der Waals surface area contributed by atoms with Crippen LogP contribution in [0.1, 0.15) is 18.4 Å². The molecule has 0 spiro atoms. The van der Waals surface area contributed by atoms with Gasteiger partial charge >= 0.3 is 0 Å². The standard InChI is InChI=1S/C12H18N2O/c13-12(11-5-7-15-9-11)4-3-10-2-1-6-14-8-10/h1-2,6,8,11-12H,3-5,7,9,13H2. The van der Waals surface area contributed by atoms with E-state index in [4.69, 9.17) is 10.5 Å². The van der Waals surface area contributed by atoms with Crippen molar-refractivity contribution in [2.45, 2.75) is 25.3 Å². The molecular weight excluding hydrogens is 188 g/mol. The lowest BCUT2D eigenvalue weighted by atomic mass is 9.94. The van der Waals surface area contributed by atoms with Crippen molar-refractivity contribution in [2.75, 3.05) is 13.2 Å². The molecule has 0 radical (unpaired) electrons. The number of ether oxygens (including phenoxy) is 1. The normalized spacial score (nSPS) is 22.9. The molecule has 2 N–H and O–H groups in total. The van der Waals surface area contributed by atoms with Crippen LogP contribution in [-0.2, 0) is 11.2 Å². The van der Waals surface area contributed by atoms with Crippen molar-refractivity contribution in [2.24, 2.45) is 11.7 Å². The van der Waals surface area contributed by atoms with E-state index in [1.807, 2.05) is 12.3 Å². The Kier molecular flexibility index (Phi) is 3.69. The second-order valence-electron chi connectivity index (χ2n) is 4.19. The highest BCUT2D eigenvalue weighted by molar-refractivity contribution is 5.08. The number of aromatic nitrogens is 1. The first-order valence-electron chi connectivity index (χ1n) is 5.58. The Morgan fingerprint density at radius 1 is 1.60 bits per heavy atom. The highest BCUT2D eigenvalue weighted by atomic mass is 16.5. The van der Waals surface area contributed by atoms with Gasteiger partial charge in [0, 0.05) is 25.0 Å². The zero-order valence-corrected chi connectivity index (χ0v) is 8.93. The van der Waals surface area contributed by atoms with Crippen LogP contribution in [0.2, 0.25) is 0 Å². The molecule has 0 saturated carbocycles. The maximum atomic E-state index is 6.13. The molecule has 3 heteroatoms. The van der Waals surface area contributed by atoms with Gasteiger partial charge in [0.05, 0.1) is 6.61 Å². The summed E-state index contributed by atoms with van der Waals surface area (Å²) in [5.74, 6) is 0.557. The Hall–Kier alpha value is -0.930. The van der Waals surface area contributed by atoms with Crippen molar-refractivity contribution < 1.29 is 4.74 Å². The third-order valence-corrected chi connectivity index (χ3v) is 3.06. The first kappa shape index (κ1) is 10.6. The molecule has 1 aliphatic rings. The molecule has 1 saturated heterocycles. The van der Waals surface area contributed by atoms with Gasteiger partial charge < -0.3 is 10.5 Å². The predicted octanol–water partition coefficient (Wildman–Crippen LogP) is 1.38. The molecule has 1 aromatic rings. The Morgan fingerprint density at radius 2 is 2.53 bits per heavy atom. The summed E-state index contributed by atoms with van der Waals surface area (Å²) in [6, 6.07) is 4.34. The highest BCUT2D eigenvalue weighted by Gasteiger charge is 2.22. The minimum Gasteiger partial charge on any atom is -0.381 e. The monoisotopic (exact) mass is 206 g/mol. The number of aryl methyl sites for hydroxylation is 1. The highest BCUT2D eigenvalue weighted by Crippen LogP contribution is 2.18. The molecule has 0 amide bonds. The Labute approximate surface area is 90.7 Å². The number of hydrogen-bond acceptors (Lipinski definition) is 3. The molecule has 15 heavy (non-hydrogen) atoms. The lowest BCUT2D eigenvalue weighted by Crippen LogP contribution is -2.30. The summed E-state index contributed by atoms with van der Waals surface area (Å²) in [7, 11) is 0. The van der Waals surface area contributed by atoms with Gasteiger partial charge in [-0.15, -0.1) is 0 Å². The molecule has 0 aromatic carbocycles. The molecule has 1 aromatic heterocycles. The van der Waals surface area contributed by atoms with Crippen molar-refractivity contribution in [3.05, 3.63) is 30.1 Å². The van der Waals surface area contributed by atoms with E-state index >= 15 is 0 Å². The fraction of sp³-hybridized carbons (Fsp3) is 0.583. The maximum Gasteiger partial charge on any atom is 0.0509 e. The van der Waals surface area contributed by atoms with Crippen molar-refractivity contribution >= 4 is 0 Å². The van der Waals surface area contributed by atoms with Crippen LogP contribution in [0.25, 0.3) is 0 Å². The number of nitrogens with zero attached hydrogens (tertiary/aromatic N) is 1. The van der Waals surface area contributed by atoms with Crippen LogP contribution in [0.4, 0.5) is 0 Å². The topological polar surface area (TPSA) is 48.1 Å². The van der Waals surface area contributed by atoms with Crippen LogP contribution in [0.5, 0.6) is 0 Å². The van der Waals surface area contributed by atoms with Crippen molar-refractivity contribution in [3.8, 4) is 0 Å². The summed E-state index contributed by atoms with van der Waals surface area (Å²) < 4.78 is 5.34. The largest absolute Gasteiger partial charge is 0.381 e. The molecule has 0 bridgehead atoms. The summed E-state index contributed by atoms with van der Waals surface area (Å²) >= 11 is 0. The van der Waals surface area contributed by atoms with E-state index < -0.39 is 0 Å². The Balaban J connectivity index is 1.77. The van der Waals surface area contributed by atoms with E-state index in [2.05, 4.69) is 11.1 Å². The molecule has 2 atom stereocenters. The Bertz CT molecular complexity index is 283. The van der Waals surface area contributed by atoms with Gasteiger partial charge in [-0.1, -0.05) is 6.07 Å². The van der Waals surface area contributed by atoms with Crippen LogP contribution in [0, 0.1) is 5.92 Å². The Morgan fingerprint density at radius 3 is 3.20 bits per heavy atom. The van der Waals surface area contributed by atoms with Crippen LogP contribution in [0.3, 0.4) is 0 Å². The van der Waals surface area contributed by atoms with Gasteiger partial charge in [-0.3, -0.25) is 4.98 Å². The fourth-order valence-electron chi connectivity index (χ4n) is 2.01. The van der Waals surface area contributed by atoms with Gasteiger partial charge in [-0.2, -0.15) is 0 Å². The van der Waals surface area contributed by atoms with E-state index in [1.165, 1.54) is 5.56 Å².